The van der Waals surface area contributed by atoms with Crippen LogP contribution in [-0.4, -0.2) is 35.2 Å². The van der Waals surface area contributed by atoms with Crippen LogP contribution in [-0.2, 0) is 10.1 Å². The van der Waals surface area contributed by atoms with E-state index in [0.717, 1.165) is 0 Å². The predicted octanol–water partition coefficient (Wildman–Crippen LogP) is -4.76. The summed E-state index contributed by atoms with van der Waals surface area (Å²) in [4.78, 5) is 0. The molecule has 0 fully saturated rings. The number of aliphatic hydroxyl groups excluding tert-OH is 2. The third kappa shape index (κ3) is 5.60. The molecular weight excluding hydrogens is 171 g/mol. The summed E-state index contributed by atoms with van der Waals surface area (Å²) in [6.07, 6.45) is -0.425. The van der Waals surface area contributed by atoms with Crippen LogP contribution >= 0.6 is 0 Å². The Balaban J connectivity index is 0. The molecule has 0 heterocycles. The number of aliphatic hydroxyl groups is 2. The fraction of sp³-hybridized carbons (Fsp3) is 1.00. The smallest absolute Gasteiger partial charge is 0.746 e. The molecule has 0 saturated carbocycles. The number of rotatable bonds is 3. The fourth-order valence-electron chi connectivity index (χ4n) is 0.255. The van der Waals surface area contributed by atoms with E-state index in [1.54, 1.807) is 0 Å². The van der Waals surface area contributed by atoms with Gasteiger partial charge in [0.05, 0.1) is 0 Å². The molecule has 0 aliphatic carbocycles. The van der Waals surface area contributed by atoms with Crippen molar-refractivity contribution in [2.45, 2.75) is 11.9 Å². The molecule has 0 spiro atoms. The van der Waals surface area contributed by atoms with Gasteiger partial charge in [0.2, 0.25) is 0 Å². The van der Waals surface area contributed by atoms with E-state index in [9.17, 15) is 13.0 Å². The van der Waals surface area contributed by atoms with Crippen LogP contribution in [0.2, 0.25) is 0 Å². The van der Waals surface area contributed by atoms with Crippen LogP contribution in [0.15, 0.2) is 0 Å². The van der Waals surface area contributed by atoms with E-state index >= 15 is 0 Å². The average Bonchev–Trinajstić information content (AvgIpc) is 1.64. The molecule has 10 heavy (non-hydrogen) atoms. The van der Waals surface area contributed by atoms with E-state index in [1.807, 2.05) is 0 Å². The minimum Gasteiger partial charge on any atom is -0.746 e. The molecule has 7 heteroatoms. The second-order valence-corrected chi connectivity index (χ2v) is 2.99. The van der Waals surface area contributed by atoms with Crippen molar-refractivity contribution in [1.82, 2.24) is 0 Å². The van der Waals surface area contributed by atoms with E-state index in [2.05, 4.69) is 0 Å². The van der Waals surface area contributed by atoms with Gasteiger partial charge >= 0.3 is 29.6 Å². The van der Waals surface area contributed by atoms with Gasteiger partial charge in [0, 0.05) is 13.0 Å². The first-order valence-electron chi connectivity index (χ1n) is 2.22. The van der Waals surface area contributed by atoms with Crippen LogP contribution in [0.1, 0.15) is 6.42 Å². The second kappa shape index (κ2) is 5.48. The zero-order valence-electron chi connectivity index (χ0n) is 5.52. The minimum atomic E-state index is -4.62. The standard InChI is InChI=1S/C3H8O5S.Na/c4-2-1-3(5)9(6,7)8;/h3-5H,1-2H2,(H,6,7,8);/q;+1/p-1. The Bertz CT molecular complexity index is 164. The van der Waals surface area contributed by atoms with Crippen LogP contribution < -0.4 is 29.6 Å². The molecule has 2 N–H and O–H groups in total. The van der Waals surface area contributed by atoms with Crippen molar-refractivity contribution < 1.29 is 52.7 Å². The van der Waals surface area contributed by atoms with Crippen LogP contribution in [0.25, 0.3) is 0 Å². The van der Waals surface area contributed by atoms with Crippen molar-refractivity contribution in [2.24, 2.45) is 0 Å². The molecule has 0 rings (SSSR count). The Hall–Kier alpha value is 0.830. The summed E-state index contributed by atoms with van der Waals surface area (Å²) in [6.45, 7) is -0.511. The Kier molecular flexibility index (Phi) is 7.35. The van der Waals surface area contributed by atoms with Crippen LogP contribution in [0.4, 0.5) is 0 Å². The van der Waals surface area contributed by atoms with Gasteiger partial charge in [0.15, 0.2) is 0 Å². The zero-order chi connectivity index (χ0) is 7.49. The van der Waals surface area contributed by atoms with Crippen molar-refractivity contribution in [1.29, 1.82) is 0 Å². The summed E-state index contributed by atoms with van der Waals surface area (Å²) in [7, 11) is -4.62. The molecule has 0 aromatic heterocycles. The molecule has 0 radical (unpaired) electrons. The molecule has 0 aromatic rings. The van der Waals surface area contributed by atoms with Gasteiger partial charge in [-0.1, -0.05) is 0 Å². The third-order valence-electron chi connectivity index (χ3n) is 0.709. The topological polar surface area (TPSA) is 97.7 Å². The van der Waals surface area contributed by atoms with Gasteiger partial charge in [-0.2, -0.15) is 0 Å². The first-order valence-corrected chi connectivity index (χ1v) is 3.69. The molecule has 56 valence electrons. The normalized spacial score (nSPS) is 13.9. The Morgan fingerprint density at radius 2 is 1.90 bits per heavy atom. The monoisotopic (exact) mass is 178 g/mol. The van der Waals surface area contributed by atoms with Gasteiger partial charge in [-0.15, -0.1) is 0 Å². The molecular formula is C3H7NaO5S. The second-order valence-electron chi connectivity index (χ2n) is 1.46. The van der Waals surface area contributed by atoms with Gasteiger partial charge in [-0.25, -0.2) is 8.42 Å². The van der Waals surface area contributed by atoms with E-state index in [4.69, 9.17) is 10.2 Å². The van der Waals surface area contributed by atoms with Gasteiger partial charge in [-0.3, -0.25) is 0 Å². The fourth-order valence-corrected chi connectivity index (χ4v) is 0.649. The molecule has 1 atom stereocenters. The number of hydrogen-bond acceptors (Lipinski definition) is 5. The Labute approximate surface area is 81.1 Å². The predicted molar refractivity (Wildman–Crippen MR) is 27.4 cm³/mol. The van der Waals surface area contributed by atoms with Gasteiger partial charge in [0.1, 0.15) is 15.6 Å². The van der Waals surface area contributed by atoms with Gasteiger partial charge < -0.3 is 14.8 Å². The molecule has 0 saturated heterocycles. The maximum atomic E-state index is 9.80. The van der Waals surface area contributed by atoms with Crippen molar-refractivity contribution >= 4 is 10.1 Å². The number of hydrogen-bond donors (Lipinski definition) is 2. The van der Waals surface area contributed by atoms with Crippen molar-refractivity contribution in [2.75, 3.05) is 6.61 Å². The van der Waals surface area contributed by atoms with E-state index in [1.165, 1.54) is 0 Å². The van der Waals surface area contributed by atoms with Crippen LogP contribution in [0, 0.1) is 0 Å². The molecule has 0 aliphatic rings. The average molecular weight is 178 g/mol. The quantitative estimate of drug-likeness (QED) is 0.334. The summed E-state index contributed by atoms with van der Waals surface area (Å²) >= 11 is 0. The zero-order valence-corrected chi connectivity index (χ0v) is 8.34. The van der Waals surface area contributed by atoms with Gasteiger partial charge in [-0.05, 0) is 0 Å². The summed E-state index contributed by atoms with van der Waals surface area (Å²) in [5, 5.41) is 16.4. The van der Waals surface area contributed by atoms with Crippen molar-refractivity contribution in [3.63, 3.8) is 0 Å². The minimum absolute atomic E-state index is 0. The third-order valence-corrected chi connectivity index (χ3v) is 1.61. The largest absolute Gasteiger partial charge is 1.00 e. The van der Waals surface area contributed by atoms with Crippen molar-refractivity contribution in [3.05, 3.63) is 0 Å². The van der Waals surface area contributed by atoms with Crippen LogP contribution in [0.3, 0.4) is 0 Å². The SMILES string of the molecule is O=S(=O)([O-])C(O)CCO.[Na+]. The molecule has 0 aliphatic heterocycles. The summed E-state index contributed by atoms with van der Waals surface area (Å²) in [5.74, 6) is 0. The molecule has 1 unspecified atom stereocenters. The molecule has 0 bridgehead atoms. The van der Waals surface area contributed by atoms with Crippen molar-refractivity contribution in [3.8, 4) is 0 Å². The first-order chi connectivity index (χ1) is 3.98. The van der Waals surface area contributed by atoms with E-state index < -0.39 is 28.6 Å². The Morgan fingerprint density at radius 3 is 2.00 bits per heavy atom. The molecule has 0 aromatic carbocycles. The molecule has 0 amide bonds. The van der Waals surface area contributed by atoms with Gasteiger partial charge in [0.25, 0.3) is 0 Å². The summed E-state index contributed by atoms with van der Waals surface area (Å²) in [6, 6.07) is 0. The Morgan fingerprint density at radius 1 is 1.50 bits per heavy atom. The molecule has 5 nitrogen and oxygen atoms in total. The van der Waals surface area contributed by atoms with E-state index in [0.29, 0.717) is 0 Å². The first kappa shape index (κ1) is 13.4. The maximum absolute atomic E-state index is 9.80. The maximum Gasteiger partial charge on any atom is 1.00 e. The van der Waals surface area contributed by atoms with E-state index in [-0.39, 0.29) is 29.6 Å². The summed E-state index contributed by atoms with van der Waals surface area (Å²) in [5.41, 5.74) is -1.97. The summed E-state index contributed by atoms with van der Waals surface area (Å²) < 4.78 is 29.4. The van der Waals surface area contributed by atoms with Crippen LogP contribution in [0.5, 0.6) is 0 Å².